The minimum atomic E-state index is -3.99. The lowest BCUT2D eigenvalue weighted by Gasteiger charge is -2.06. The van der Waals surface area contributed by atoms with Crippen LogP contribution in [0.15, 0.2) is 65.0 Å². The van der Waals surface area contributed by atoms with Gasteiger partial charge in [-0.1, -0.05) is 53.8 Å². The number of hydrogen-bond donors (Lipinski definition) is 2. The second kappa shape index (κ2) is 10.6. The Kier molecular flexibility index (Phi) is 7.57. The Hall–Kier alpha value is -2.86. The molecule has 2 aromatic heterocycles. The SMILES string of the molecule is O=C(O)CCn1c(-c2ccccc2)cs/c1=N\c1sc2ccccc2[n+]1CCCCS(=O)(=O)O. The topological polar surface area (TPSA) is 113 Å². The number of carboxylic acid groups (broad SMARTS) is 1. The molecule has 4 rings (SSSR count). The quantitative estimate of drug-likeness (QED) is 0.187. The third kappa shape index (κ3) is 5.98. The van der Waals surface area contributed by atoms with E-state index >= 15 is 0 Å². The van der Waals surface area contributed by atoms with Crippen molar-refractivity contribution in [3.8, 4) is 11.3 Å². The zero-order chi connectivity index (χ0) is 24.1. The molecule has 0 bridgehead atoms. The minimum Gasteiger partial charge on any atom is -0.481 e. The fourth-order valence-electron chi connectivity index (χ4n) is 3.64. The molecule has 2 aromatic carbocycles. The molecule has 8 nitrogen and oxygen atoms in total. The van der Waals surface area contributed by atoms with E-state index in [1.807, 2.05) is 69.1 Å². The summed E-state index contributed by atoms with van der Waals surface area (Å²) in [5.74, 6) is -1.15. The Morgan fingerprint density at radius 2 is 1.79 bits per heavy atom. The van der Waals surface area contributed by atoms with Gasteiger partial charge in [0.1, 0.15) is 5.52 Å². The zero-order valence-electron chi connectivity index (χ0n) is 18.2. The summed E-state index contributed by atoms with van der Waals surface area (Å²) in [6.07, 6.45) is 0.878. The summed E-state index contributed by atoms with van der Waals surface area (Å²) in [7, 11) is -3.99. The fourth-order valence-corrected chi connectivity index (χ4v) is 6.26. The largest absolute Gasteiger partial charge is 0.481 e. The van der Waals surface area contributed by atoms with Crippen molar-refractivity contribution in [1.82, 2.24) is 4.57 Å². The average molecular weight is 519 g/mol. The molecule has 178 valence electrons. The van der Waals surface area contributed by atoms with E-state index in [2.05, 4.69) is 0 Å². The first-order chi connectivity index (χ1) is 16.3. The van der Waals surface area contributed by atoms with Crippen LogP contribution in [-0.4, -0.2) is 34.4 Å². The Bertz CT molecular complexity index is 1470. The van der Waals surface area contributed by atoms with Gasteiger partial charge in [-0.2, -0.15) is 8.42 Å². The number of nitrogens with zero attached hydrogens (tertiary/aromatic N) is 3. The van der Waals surface area contributed by atoms with Gasteiger partial charge in [-0.15, -0.1) is 0 Å². The van der Waals surface area contributed by atoms with E-state index in [0.29, 0.717) is 30.7 Å². The van der Waals surface area contributed by atoms with Gasteiger partial charge < -0.3 is 5.11 Å². The van der Waals surface area contributed by atoms with Gasteiger partial charge in [-0.3, -0.25) is 13.9 Å². The number of rotatable bonds is 10. The van der Waals surface area contributed by atoms with Crippen molar-refractivity contribution in [2.75, 3.05) is 5.75 Å². The van der Waals surface area contributed by atoms with Gasteiger partial charge in [-0.05, 0) is 41.9 Å². The highest BCUT2D eigenvalue weighted by Crippen LogP contribution is 2.27. The number of benzene rings is 2. The molecule has 0 aliphatic heterocycles. The fraction of sp³-hybridized carbons (Fsp3) is 0.261. The van der Waals surface area contributed by atoms with Gasteiger partial charge in [0.2, 0.25) is 0 Å². The van der Waals surface area contributed by atoms with Crippen molar-refractivity contribution in [3.05, 3.63) is 64.8 Å². The number of fused-ring (bicyclic) bond motifs is 1. The van der Waals surface area contributed by atoms with Crippen LogP contribution in [0.1, 0.15) is 19.3 Å². The summed E-state index contributed by atoms with van der Waals surface area (Å²) in [5.41, 5.74) is 2.89. The number of para-hydroxylation sites is 1. The predicted molar refractivity (Wildman–Crippen MR) is 133 cm³/mol. The summed E-state index contributed by atoms with van der Waals surface area (Å²) in [6.45, 7) is 0.839. The molecule has 0 saturated carbocycles. The van der Waals surface area contributed by atoms with E-state index in [1.165, 1.54) is 22.7 Å². The number of thiazole rings is 2. The molecule has 0 fully saturated rings. The van der Waals surface area contributed by atoms with Crippen LogP contribution in [0, 0.1) is 0 Å². The maximum Gasteiger partial charge on any atom is 0.386 e. The van der Waals surface area contributed by atoms with Crippen LogP contribution in [0.5, 0.6) is 0 Å². The molecular weight excluding hydrogens is 494 g/mol. The standard InChI is InChI=1S/C23H23N3O5S3/c27-21(28)12-14-26-19(17-8-2-1-3-9-17)16-32-22(26)24-23-25(13-6-7-15-34(29,30)31)18-10-4-5-11-20(18)33-23/h1-5,8-11,16H,6-7,12-15H2,(H-,27,28,29,30,31)/p+1. The Morgan fingerprint density at radius 3 is 2.53 bits per heavy atom. The predicted octanol–water partition coefficient (Wildman–Crippen LogP) is 4.09. The molecule has 0 spiro atoms. The van der Waals surface area contributed by atoms with Crippen molar-refractivity contribution < 1.29 is 27.4 Å². The number of carbonyl (C=O) groups is 1. The monoisotopic (exact) mass is 518 g/mol. The number of aromatic nitrogens is 2. The Balaban J connectivity index is 1.76. The molecule has 0 aliphatic carbocycles. The van der Waals surface area contributed by atoms with Crippen LogP contribution in [0.3, 0.4) is 0 Å². The molecule has 0 aliphatic rings. The molecule has 0 atom stereocenters. The highest BCUT2D eigenvalue weighted by molar-refractivity contribution is 7.85. The van der Waals surface area contributed by atoms with Crippen molar-refractivity contribution >= 4 is 54.1 Å². The summed E-state index contributed by atoms with van der Waals surface area (Å²) < 4.78 is 36.2. The van der Waals surface area contributed by atoms with Gasteiger partial charge in [0.15, 0.2) is 0 Å². The highest BCUT2D eigenvalue weighted by Gasteiger charge is 2.20. The van der Waals surface area contributed by atoms with Gasteiger partial charge >= 0.3 is 15.9 Å². The van der Waals surface area contributed by atoms with E-state index in [9.17, 15) is 18.3 Å². The Labute approximate surface area is 204 Å². The van der Waals surface area contributed by atoms with Crippen LogP contribution in [0.2, 0.25) is 0 Å². The first-order valence-corrected chi connectivity index (χ1v) is 14.0. The molecule has 0 radical (unpaired) electrons. The first kappa shape index (κ1) is 24.3. The van der Waals surface area contributed by atoms with Crippen LogP contribution < -0.4 is 9.37 Å². The molecule has 0 saturated heterocycles. The third-order valence-electron chi connectivity index (χ3n) is 5.23. The lowest BCUT2D eigenvalue weighted by Crippen LogP contribution is -2.33. The lowest BCUT2D eigenvalue weighted by atomic mass is 10.2. The minimum absolute atomic E-state index is 0.0220. The molecule has 2 N–H and O–H groups in total. The van der Waals surface area contributed by atoms with Crippen molar-refractivity contribution in [3.63, 3.8) is 0 Å². The van der Waals surface area contributed by atoms with Gasteiger partial charge in [0, 0.05) is 16.9 Å². The Morgan fingerprint density at radius 1 is 1.06 bits per heavy atom. The van der Waals surface area contributed by atoms with E-state index in [4.69, 9.17) is 9.55 Å². The second-order valence-electron chi connectivity index (χ2n) is 7.67. The van der Waals surface area contributed by atoms with Gasteiger partial charge in [0.25, 0.3) is 10.1 Å². The van der Waals surface area contributed by atoms with E-state index in [1.54, 1.807) is 0 Å². The number of carboxylic acids is 1. The number of aryl methyl sites for hydroxylation is 1. The molecule has 0 unspecified atom stereocenters. The average Bonchev–Trinajstić information content (AvgIpc) is 3.36. The molecular formula is C23H24N3O5S3+. The molecule has 34 heavy (non-hydrogen) atoms. The van der Waals surface area contributed by atoms with Gasteiger partial charge in [0.05, 0.1) is 29.1 Å². The number of hydrogen-bond acceptors (Lipinski definition) is 6. The molecule has 2 heterocycles. The normalized spacial score (nSPS) is 12.4. The number of unbranched alkanes of at least 4 members (excludes halogenated alkanes) is 1. The smallest absolute Gasteiger partial charge is 0.386 e. The molecule has 11 heteroatoms. The van der Waals surface area contributed by atoms with Crippen molar-refractivity contribution in [2.24, 2.45) is 4.99 Å². The summed E-state index contributed by atoms with van der Waals surface area (Å²) in [5, 5.41) is 12.0. The van der Waals surface area contributed by atoms with Crippen molar-refractivity contribution in [1.29, 1.82) is 0 Å². The first-order valence-electron chi connectivity index (χ1n) is 10.7. The third-order valence-corrected chi connectivity index (χ3v) is 7.96. The van der Waals surface area contributed by atoms with Crippen molar-refractivity contribution in [2.45, 2.75) is 32.4 Å². The second-order valence-corrected chi connectivity index (χ2v) is 11.1. The lowest BCUT2D eigenvalue weighted by molar-refractivity contribution is -0.655. The van der Waals surface area contributed by atoms with Gasteiger partial charge in [-0.25, -0.2) is 4.57 Å². The van der Waals surface area contributed by atoms with Crippen LogP contribution in [-0.2, 0) is 28.0 Å². The van der Waals surface area contributed by atoms with Crippen LogP contribution >= 0.6 is 22.7 Å². The molecule has 4 aromatic rings. The number of aliphatic carboxylic acids is 1. The maximum atomic E-state index is 11.3. The highest BCUT2D eigenvalue weighted by atomic mass is 32.2. The zero-order valence-corrected chi connectivity index (χ0v) is 20.7. The van der Waals surface area contributed by atoms with E-state index in [-0.39, 0.29) is 12.2 Å². The molecule has 0 amide bonds. The summed E-state index contributed by atoms with van der Waals surface area (Å²) in [4.78, 5) is 16.9. The summed E-state index contributed by atoms with van der Waals surface area (Å²) in [6, 6.07) is 17.7. The van der Waals surface area contributed by atoms with E-state index < -0.39 is 16.1 Å². The van der Waals surface area contributed by atoms with Crippen LogP contribution in [0.4, 0.5) is 5.13 Å². The van der Waals surface area contributed by atoms with E-state index in [0.717, 1.165) is 26.6 Å². The van der Waals surface area contributed by atoms with Crippen LogP contribution in [0.25, 0.3) is 21.5 Å². The maximum absolute atomic E-state index is 11.3. The summed E-state index contributed by atoms with van der Waals surface area (Å²) >= 11 is 2.98.